The highest BCUT2D eigenvalue weighted by atomic mass is 32.1. The summed E-state index contributed by atoms with van der Waals surface area (Å²) in [5, 5.41) is 8.47. The zero-order chi connectivity index (χ0) is 11.6. The van der Waals surface area contributed by atoms with E-state index in [-0.39, 0.29) is 0 Å². The lowest BCUT2D eigenvalue weighted by Gasteiger charge is -2.33. The predicted molar refractivity (Wildman–Crippen MR) is 63.9 cm³/mol. The summed E-state index contributed by atoms with van der Waals surface area (Å²) < 4.78 is 6.52. The number of unbranched alkanes of at least 4 members (excludes halogenated alkanes) is 1. The van der Waals surface area contributed by atoms with Crippen LogP contribution in [0.25, 0.3) is 0 Å². The van der Waals surface area contributed by atoms with Gasteiger partial charge in [-0.25, -0.2) is 5.26 Å². The maximum Gasteiger partial charge on any atom is 0.182 e. The van der Waals surface area contributed by atoms with Crippen LogP contribution in [0.15, 0.2) is 0 Å². The fourth-order valence-electron chi connectivity index (χ4n) is 2.19. The molecule has 1 rings (SSSR count). The first-order valence-corrected chi connectivity index (χ1v) is 6.00. The quantitative estimate of drug-likeness (QED) is 0.411. The van der Waals surface area contributed by atoms with Gasteiger partial charge in [0, 0.05) is 20.0 Å². The van der Waals surface area contributed by atoms with Crippen molar-refractivity contribution < 1.29 is 9.22 Å². The summed E-state index contributed by atoms with van der Waals surface area (Å²) in [6.07, 6.45) is 5.45. The van der Waals surface area contributed by atoms with E-state index in [4.69, 9.17) is 10.00 Å². The van der Waals surface area contributed by atoms with E-state index in [1.165, 1.54) is 55.2 Å². The molecule has 1 fully saturated rings. The largest absolute Gasteiger partial charge is 0.696 e. The second-order valence-corrected chi connectivity index (χ2v) is 4.26. The Morgan fingerprint density at radius 2 is 1.93 bits per heavy atom. The Labute approximate surface area is 99.0 Å². The number of rotatable bonds is 5. The van der Waals surface area contributed by atoms with Gasteiger partial charge in [0.15, 0.2) is 6.73 Å². The molecular formula is C11H22N2OS. The molecule has 15 heavy (non-hydrogen) atoms. The van der Waals surface area contributed by atoms with E-state index in [0.717, 1.165) is 6.73 Å². The van der Waals surface area contributed by atoms with E-state index >= 15 is 0 Å². The van der Waals surface area contributed by atoms with Gasteiger partial charge in [-0.3, -0.25) is 0 Å². The number of quaternary nitrogens is 1. The lowest BCUT2D eigenvalue weighted by atomic mass is 10.3. The average molecular weight is 230 g/mol. The molecule has 0 radical (unpaired) electrons. The molecule has 0 aromatic heterocycles. The summed E-state index contributed by atoms with van der Waals surface area (Å²) >= 11 is 3.70. The van der Waals surface area contributed by atoms with E-state index in [9.17, 15) is 0 Å². The van der Waals surface area contributed by atoms with Gasteiger partial charge >= 0.3 is 0 Å². The second-order valence-electron chi connectivity index (χ2n) is 4.08. The number of ether oxygens (including phenoxy) is 1. The maximum atomic E-state index is 7.13. The van der Waals surface area contributed by atoms with E-state index in [1.807, 2.05) is 7.11 Å². The summed E-state index contributed by atoms with van der Waals surface area (Å²) in [5.74, 6) is 0. The maximum absolute atomic E-state index is 7.13. The molecule has 1 aliphatic heterocycles. The third-order valence-corrected chi connectivity index (χ3v) is 2.90. The lowest BCUT2D eigenvalue weighted by Crippen LogP contribution is -2.47. The van der Waals surface area contributed by atoms with E-state index in [1.54, 1.807) is 0 Å². The highest BCUT2D eigenvalue weighted by Gasteiger charge is 2.30. The van der Waals surface area contributed by atoms with Crippen molar-refractivity contribution in [3.63, 3.8) is 0 Å². The van der Waals surface area contributed by atoms with Gasteiger partial charge in [0.05, 0.1) is 19.6 Å². The second kappa shape index (κ2) is 8.90. The first-order chi connectivity index (χ1) is 7.24. The fourth-order valence-corrected chi connectivity index (χ4v) is 2.19. The third-order valence-electron chi connectivity index (χ3n) is 2.90. The third kappa shape index (κ3) is 5.93. The molecule has 1 aliphatic rings. The van der Waals surface area contributed by atoms with Gasteiger partial charge in [0.1, 0.15) is 0 Å². The van der Waals surface area contributed by atoms with Crippen LogP contribution >= 0.6 is 0 Å². The topological polar surface area (TPSA) is 33.0 Å². The van der Waals surface area contributed by atoms with Crippen LogP contribution in [0.2, 0.25) is 0 Å². The van der Waals surface area contributed by atoms with E-state index in [0.29, 0.717) is 0 Å². The van der Waals surface area contributed by atoms with Gasteiger partial charge < -0.3 is 21.8 Å². The van der Waals surface area contributed by atoms with Crippen LogP contribution in [0.4, 0.5) is 0 Å². The Morgan fingerprint density at radius 1 is 1.40 bits per heavy atom. The van der Waals surface area contributed by atoms with E-state index in [2.05, 4.69) is 19.6 Å². The Bertz CT molecular complexity index is 186. The molecule has 0 aromatic rings. The molecule has 0 atom stereocenters. The first kappa shape index (κ1) is 14.6. The molecule has 4 heteroatoms. The van der Waals surface area contributed by atoms with Gasteiger partial charge in [-0.1, -0.05) is 18.7 Å². The normalized spacial score (nSPS) is 17.7. The first-order valence-electron chi connectivity index (χ1n) is 5.60. The van der Waals surface area contributed by atoms with Crippen molar-refractivity contribution in [1.82, 2.24) is 0 Å². The minimum Gasteiger partial charge on any atom is -0.696 e. The fraction of sp³-hybridized carbons (Fsp3) is 0.909. The summed E-state index contributed by atoms with van der Waals surface area (Å²) in [6, 6.07) is 0. The molecule has 0 amide bonds. The number of methoxy groups -OCH3 is 1. The van der Waals surface area contributed by atoms with Crippen LogP contribution in [0.5, 0.6) is 0 Å². The Hall–Kier alpha value is -0.370. The highest BCUT2D eigenvalue weighted by molar-refractivity contribution is 7.64. The van der Waals surface area contributed by atoms with Crippen molar-refractivity contribution in [3.8, 4) is 5.40 Å². The molecule has 1 saturated heterocycles. The Morgan fingerprint density at radius 3 is 2.33 bits per heavy atom. The summed E-state index contributed by atoms with van der Waals surface area (Å²) in [4.78, 5) is 0. The SMILES string of the molecule is CCCC[N+]1(COC)CCCC1.N#C[S-]. The Kier molecular flexibility index (Phi) is 8.68. The van der Waals surface area contributed by atoms with Crippen molar-refractivity contribution in [2.45, 2.75) is 32.6 Å². The van der Waals surface area contributed by atoms with Crippen LogP contribution < -0.4 is 0 Å². The molecular weight excluding hydrogens is 208 g/mol. The zero-order valence-electron chi connectivity index (χ0n) is 9.87. The molecule has 1 heterocycles. The van der Waals surface area contributed by atoms with Crippen LogP contribution in [-0.4, -0.2) is 38.0 Å². The summed E-state index contributed by atoms with van der Waals surface area (Å²) in [5.41, 5.74) is 0. The minimum absolute atomic E-state index is 0.931. The molecule has 0 N–H and O–H groups in total. The number of likely N-dealkylation sites (tertiary alicyclic amines) is 1. The highest BCUT2D eigenvalue weighted by Crippen LogP contribution is 2.20. The Balaban J connectivity index is 0.000000583. The van der Waals surface area contributed by atoms with Crippen LogP contribution in [-0.2, 0) is 17.4 Å². The molecule has 0 bridgehead atoms. The van der Waals surface area contributed by atoms with Gasteiger partial charge in [-0.05, 0) is 6.42 Å². The van der Waals surface area contributed by atoms with Gasteiger partial charge in [-0.2, -0.15) is 0 Å². The molecule has 0 aromatic carbocycles. The number of thiocyanates is 1. The molecule has 0 saturated carbocycles. The smallest absolute Gasteiger partial charge is 0.182 e. The summed E-state index contributed by atoms with van der Waals surface area (Å²) in [7, 11) is 1.82. The summed E-state index contributed by atoms with van der Waals surface area (Å²) in [6.45, 7) is 7.20. The van der Waals surface area contributed by atoms with Crippen LogP contribution in [0, 0.1) is 10.7 Å². The molecule has 0 aliphatic carbocycles. The van der Waals surface area contributed by atoms with Crippen LogP contribution in [0.3, 0.4) is 0 Å². The number of hydrogen-bond acceptors (Lipinski definition) is 3. The number of hydrogen-bond donors (Lipinski definition) is 0. The zero-order valence-corrected chi connectivity index (χ0v) is 10.7. The lowest BCUT2D eigenvalue weighted by molar-refractivity contribution is -0.934. The molecule has 0 unspecified atom stereocenters. The van der Waals surface area contributed by atoms with E-state index < -0.39 is 0 Å². The van der Waals surface area contributed by atoms with Crippen molar-refractivity contribution in [2.75, 3.05) is 33.5 Å². The molecule has 0 spiro atoms. The van der Waals surface area contributed by atoms with Gasteiger partial charge in [-0.15, -0.1) is 0 Å². The number of nitriles is 1. The number of nitrogens with zero attached hydrogens (tertiary/aromatic N) is 2. The monoisotopic (exact) mass is 230 g/mol. The van der Waals surface area contributed by atoms with Crippen LogP contribution in [0.1, 0.15) is 32.6 Å². The predicted octanol–water partition coefficient (Wildman–Crippen LogP) is 2.02. The molecule has 88 valence electrons. The standard InChI is InChI=1S/C10H22NO.CHNS/c1-3-4-7-11(10-12-2)8-5-6-9-11;2-1-3/h3-10H2,1-2H3;3H/q+1;/p-1. The van der Waals surface area contributed by atoms with Crippen molar-refractivity contribution in [2.24, 2.45) is 0 Å². The minimum atomic E-state index is 0.931. The van der Waals surface area contributed by atoms with Gasteiger partial charge in [0.2, 0.25) is 0 Å². The van der Waals surface area contributed by atoms with Gasteiger partial charge in [0.25, 0.3) is 0 Å². The van der Waals surface area contributed by atoms with Crippen molar-refractivity contribution in [1.29, 1.82) is 5.26 Å². The van der Waals surface area contributed by atoms with Crippen molar-refractivity contribution in [3.05, 3.63) is 0 Å². The average Bonchev–Trinajstić information content (AvgIpc) is 2.66. The van der Waals surface area contributed by atoms with Crippen molar-refractivity contribution >= 4 is 12.6 Å². The molecule has 3 nitrogen and oxygen atoms in total.